The number of ether oxygens (including phenoxy) is 2. The van der Waals surface area contributed by atoms with Crippen LogP contribution in [0.2, 0.25) is 0 Å². The Balaban J connectivity index is 1.78. The lowest BCUT2D eigenvalue weighted by molar-refractivity contribution is 0.102. The number of carbonyl (C=O) groups is 1. The number of anilines is 1. The Hall–Kier alpha value is -2.50. The van der Waals surface area contributed by atoms with E-state index in [9.17, 15) is 4.79 Å². The van der Waals surface area contributed by atoms with Crippen molar-refractivity contribution >= 4 is 11.6 Å². The molecule has 0 spiro atoms. The summed E-state index contributed by atoms with van der Waals surface area (Å²) in [4.78, 5) is 12.3. The first-order valence-corrected chi connectivity index (χ1v) is 7.43. The SMILES string of the molecule is CCCc1cc(C(=O)Nc2cc3c(cc2C)OCCO3)n[nH]1. The first-order valence-electron chi connectivity index (χ1n) is 7.43. The number of aromatic nitrogens is 2. The molecule has 0 saturated carbocycles. The van der Waals surface area contributed by atoms with Gasteiger partial charge in [0.2, 0.25) is 0 Å². The maximum absolute atomic E-state index is 12.3. The fourth-order valence-electron chi connectivity index (χ4n) is 2.39. The fourth-order valence-corrected chi connectivity index (χ4v) is 2.39. The number of benzene rings is 1. The molecule has 0 bridgehead atoms. The summed E-state index contributed by atoms with van der Waals surface area (Å²) in [5, 5.41) is 9.81. The van der Waals surface area contributed by atoms with Gasteiger partial charge in [0.05, 0.1) is 0 Å². The predicted molar refractivity (Wildman–Crippen MR) is 82.7 cm³/mol. The van der Waals surface area contributed by atoms with Crippen molar-refractivity contribution in [2.75, 3.05) is 18.5 Å². The number of nitrogens with one attached hydrogen (secondary N) is 2. The summed E-state index contributed by atoms with van der Waals surface area (Å²) in [5.74, 6) is 1.13. The third-order valence-electron chi connectivity index (χ3n) is 3.52. The van der Waals surface area contributed by atoms with Crippen LogP contribution in [0.4, 0.5) is 5.69 Å². The fraction of sp³-hybridized carbons (Fsp3) is 0.375. The summed E-state index contributed by atoms with van der Waals surface area (Å²) in [5.41, 5.74) is 2.97. The smallest absolute Gasteiger partial charge is 0.276 e. The Morgan fingerprint density at radius 2 is 2.00 bits per heavy atom. The van der Waals surface area contributed by atoms with E-state index in [0.29, 0.717) is 36.1 Å². The van der Waals surface area contributed by atoms with Gasteiger partial charge in [0.25, 0.3) is 5.91 Å². The minimum Gasteiger partial charge on any atom is -0.486 e. The first-order chi connectivity index (χ1) is 10.7. The van der Waals surface area contributed by atoms with Crippen LogP contribution in [-0.2, 0) is 6.42 Å². The van der Waals surface area contributed by atoms with Crippen LogP contribution in [0.1, 0.15) is 35.1 Å². The molecule has 2 aromatic rings. The van der Waals surface area contributed by atoms with Crippen molar-refractivity contribution in [2.45, 2.75) is 26.7 Å². The van der Waals surface area contributed by atoms with E-state index in [1.54, 1.807) is 12.1 Å². The molecule has 0 atom stereocenters. The highest BCUT2D eigenvalue weighted by Crippen LogP contribution is 2.35. The average molecular weight is 301 g/mol. The zero-order valence-corrected chi connectivity index (χ0v) is 12.7. The highest BCUT2D eigenvalue weighted by molar-refractivity contribution is 6.03. The maximum atomic E-state index is 12.3. The Morgan fingerprint density at radius 3 is 2.73 bits per heavy atom. The maximum Gasteiger partial charge on any atom is 0.276 e. The second-order valence-electron chi connectivity index (χ2n) is 5.29. The van der Waals surface area contributed by atoms with Crippen LogP contribution in [0.15, 0.2) is 18.2 Å². The Kier molecular flexibility index (Phi) is 4.00. The van der Waals surface area contributed by atoms with Crippen LogP contribution in [-0.4, -0.2) is 29.3 Å². The monoisotopic (exact) mass is 301 g/mol. The van der Waals surface area contributed by atoms with E-state index in [4.69, 9.17) is 9.47 Å². The summed E-state index contributed by atoms with van der Waals surface area (Å²) in [6.45, 7) is 5.06. The molecule has 1 aliphatic rings. The molecule has 0 saturated heterocycles. The molecule has 2 N–H and O–H groups in total. The molecule has 0 aliphatic carbocycles. The average Bonchev–Trinajstić information content (AvgIpc) is 2.97. The second-order valence-corrected chi connectivity index (χ2v) is 5.29. The molecule has 116 valence electrons. The van der Waals surface area contributed by atoms with Crippen molar-refractivity contribution in [2.24, 2.45) is 0 Å². The number of hydrogen-bond acceptors (Lipinski definition) is 4. The van der Waals surface area contributed by atoms with Gasteiger partial charge in [0, 0.05) is 17.4 Å². The van der Waals surface area contributed by atoms with Crippen molar-refractivity contribution in [3.63, 3.8) is 0 Å². The van der Waals surface area contributed by atoms with Crippen LogP contribution in [0, 0.1) is 6.92 Å². The lowest BCUT2D eigenvalue weighted by Crippen LogP contribution is -2.17. The van der Waals surface area contributed by atoms with Gasteiger partial charge >= 0.3 is 0 Å². The Labute approximate surface area is 128 Å². The summed E-state index contributed by atoms with van der Waals surface area (Å²) in [6.07, 6.45) is 1.88. The largest absolute Gasteiger partial charge is 0.486 e. The number of amides is 1. The number of carbonyl (C=O) groups excluding carboxylic acids is 1. The Bertz CT molecular complexity index is 694. The van der Waals surface area contributed by atoms with Crippen LogP contribution < -0.4 is 14.8 Å². The van der Waals surface area contributed by atoms with Crippen molar-refractivity contribution in [3.05, 3.63) is 35.2 Å². The van der Waals surface area contributed by atoms with Crippen molar-refractivity contribution in [1.29, 1.82) is 0 Å². The molecule has 1 aliphatic heterocycles. The number of fused-ring (bicyclic) bond motifs is 1. The van der Waals surface area contributed by atoms with E-state index in [-0.39, 0.29) is 5.91 Å². The number of rotatable bonds is 4. The van der Waals surface area contributed by atoms with E-state index in [1.165, 1.54) is 0 Å². The zero-order valence-electron chi connectivity index (χ0n) is 12.7. The summed E-state index contributed by atoms with van der Waals surface area (Å²) in [6, 6.07) is 5.45. The van der Waals surface area contributed by atoms with E-state index < -0.39 is 0 Å². The van der Waals surface area contributed by atoms with Gasteiger partial charge in [-0.2, -0.15) is 5.10 Å². The third kappa shape index (κ3) is 2.90. The van der Waals surface area contributed by atoms with Gasteiger partial charge in [0.1, 0.15) is 13.2 Å². The molecular formula is C16H19N3O3. The van der Waals surface area contributed by atoms with Crippen LogP contribution in [0.25, 0.3) is 0 Å². The van der Waals surface area contributed by atoms with Crippen LogP contribution in [0.5, 0.6) is 11.5 Å². The van der Waals surface area contributed by atoms with Crippen molar-refractivity contribution < 1.29 is 14.3 Å². The molecule has 1 amide bonds. The molecule has 1 aromatic carbocycles. The molecule has 2 heterocycles. The topological polar surface area (TPSA) is 76.2 Å². The summed E-state index contributed by atoms with van der Waals surface area (Å²) >= 11 is 0. The molecular weight excluding hydrogens is 282 g/mol. The minimum absolute atomic E-state index is 0.238. The van der Waals surface area contributed by atoms with Gasteiger partial charge in [-0.25, -0.2) is 0 Å². The highest BCUT2D eigenvalue weighted by atomic mass is 16.6. The highest BCUT2D eigenvalue weighted by Gasteiger charge is 2.17. The van der Waals surface area contributed by atoms with E-state index in [1.807, 2.05) is 13.0 Å². The molecule has 22 heavy (non-hydrogen) atoms. The number of aryl methyl sites for hydroxylation is 2. The lowest BCUT2D eigenvalue weighted by atomic mass is 10.1. The standard InChI is InChI=1S/C16H19N3O3/c1-3-4-11-8-13(19-18-11)16(20)17-12-9-15-14(7-10(12)2)21-5-6-22-15/h7-9H,3-6H2,1-2H3,(H,17,20)(H,18,19). The number of H-pyrrole nitrogens is 1. The van der Waals surface area contributed by atoms with Crippen LogP contribution >= 0.6 is 0 Å². The van der Waals surface area contributed by atoms with Crippen molar-refractivity contribution in [1.82, 2.24) is 10.2 Å². The van der Waals surface area contributed by atoms with Gasteiger partial charge in [-0.15, -0.1) is 0 Å². The predicted octanol–water partition coefficient (Wildman–Crippen LogP) is 2.69. The molecule has 0 radical (unpaired) electrons. The summed E-state index contributed by atoms with van der Waals surface area (Å²) < 4.78 is 11.1. The van der Waals surface area contributed by atoms with Gasteiger partial charge in [0.15, 0.2) is 17.2 Å². The van der Waals surface area contributed by atoms with E-state index in [0.717, 1.165) is 24.1 Å². The third-order valence-corrected chi connectivity index (χ3v) is 3.52. The lowest BCUT2D eigenvalue weighted by Gasteiger charge is -2.20. The van der Waals surface area contributed by atoms with Crippen LogP contribution in [0.3, 0.4) is 0 Å². The molecule has 0 fully saturated rings. The number of nitrogens with zero attached hydrogens (tertiary/aromatic N) is 1. The van der Waals surface area contributed by atoms with Gasteiger partial charge in [-0.05, 0) is 31.0 Å². The van der Waals surface area contributed by atoms with E-state index in [2.05, 4.69) is 22.4 Å². The van der Waals surface area contributed by atoms with Crippen molar-refractivity contribution in [3.8, 4) is 11.5 Å². The van der Waals surface area contributed by atoms with Gasteiger partial charge < -0.3 is 14.8 Å². The minimum atomic E-state index is -0.238. The van der Waals surface area contributed by atoms with Gasteiger partial charge in [-0.3, -0.25) is 9.89 Å². The molecule has 6 nitrogen and oxygen atoms in total. The normalized spacial score (nSPS) is 13.0. The second kappa shape index (κ2) is 6.09. The number of aromatic amines is 1. The van der Waals surface area contributed by atoms with E-state index >= 15 is 0 Å². The molecule has 3 rings (SSSR count). The summed E-state index contributed by atoms with van der Waals surface area (Å²) in [7, 11) is 0. The first kappa shape index (κ1) is 14.4. The van der Waals surface area contributed by atoms with Gasteiger partial charge in [-0.1, -0.05) is 13.3 Å². The molecule has 6 heteroatoms. The molecule has 1 aromatic heterocycles. The molecule has 0 unspecified atom stereocenters. The quantitative estimate of drug-likeness (QED) is 0.910. The zero-order chi connectivity index (χ0) is 15.5. The number of hydrogen-bond donors (Lipinski definition) is 2. The Morgan fingerprint density at radius 1 is 1.27 bits per heavy atom.